The molecular formula is C13H13N3O2. The second kappa shape index (κ2) is 5.27. The van der Waals surface area contributed by atoms with Crippen LogP contribution >= 0.6 is 0 Å². The number of hydrogen-bond donors (Lipinski definition) is 2. The highest BCUT2D eigenvalue weighted by atomic mass is 16.4. The molecule has 0 aliphatic heterocycles. The van der Waals surface area contributed by atoms with Gasteiger partial charge in [-0.1, -0.05) is 30.3 Å². The molecule has 1 heterocycles. The fourth-order valence-corrected chi connectivity index (χ4v) is 1.63. The lowest BCUT2D eigenvalue weighted by Crippen LogP contribution is -2.13. The summed E-state index contributed by atoms with van der Waals surface area (Å²) in [6.07, 6.45) is 2.83. The number of carboxylic acid groups (broad SMARTS) is 1. The second-order valence-electron chi connectivity index (χ2n) is 3.84. The maximum absolute atomic E-state index is 11.0. The molecule has 5 heteroatoms. The summed E-state index contributed by atoms with van der Waals surface area (Å²) in [6.45, 7) is 1.94. The summed E-state index contributed by atoms with van der Waals surface area (Å²) in [5.41, 5.74) is 0.986. The lowest BCUT2D eigenvalue weighted by molar-refractivity contribution is 0.0691. The average Bonchev–Trinajstić information content (AvgIpc) is 2.40. The molecule has 2 rings (SSSR count). The number of benzene rings is 1. The Morgan fingerprint density at radius 3 is 2.56 bits per heavy atom. The molecule has 0 radical (unpaired) electrons. The van der Waals surface area contributed by atoms with Crippen molar-refractivity contribution in [2.75, 3.05) is 5.32 Å². The zero-order valence-corrected chi connectivity index (χ0v) is 9.87. The maximum Gasteiger partial charge on any atom is 0.358 e. The van der Waals surface area contributed by atoms with Crippen LogP contribution in [-0.2, 0) is 0 Å². The van der Waals surface area contributed by atoms with E-state index in [1.165, 1.54) is 12.4 Å². The number of nitrogens with zero attached hydrogens (tertiary/aromatic N) is 2. The standard InChI is InChI=1S/C13H13N3O2/c1-9(10-5-3-2-4-6-10)16-12-11(13(17)18)14-7-8-15-12/h2-9H,1H3,(H,15,16)(H,17,18). The number of carboxylic acids is 1. The molecule has 2 aromatic rings. The summed E-state index contributed by atoms with van der Waals surface area (Å²) in [6, 6.07) is 9.69. The molecule has 0 saturated heterocycles. The van der Waals surface area contributed by atoms with Crippen molar-refractivity contribution in [1.82, 2.24) is 9.97 Å². The van der Waals surface area contributed by atoms with Crippen LogP contribution in [0, 0.1) is 0 Å². The van der Waals surface area contributed by atoms with E-state index in [-0.39, 0.29) is 17.6 Å². The van der Waals surface area contributed by atoms with Gasteiger partial charge >= 0.3 is 5.97 Å². The summed E-state index contributed by atoms with van der Waals surface area (Å²) in [5.74, 6) is -0.813. The van der Waals surface area contributed by atoms with Crippen molar-refractivity contribution in [3.63, 3.8) is 0 Å². The van der Waals surface area contributed by atoms with Crippen LogP contribution in [0.1, 0.15) is 29.0 Å². The lowest BCUT2D eigenvalue weighted by Gasteiger charge is -2.15. The van der Waals surface area contributed by atoms with E-state index < -0.39 is 5.97 Å². The molecule has 5 nitrogen and oxygen atoms in total. The molecule has 18 heavy (non-hydrogen) atoms. The Balaban J connectivity index is 2.22. The Bertz CT molecular complexity index is 543. The summed E-state index contributed by atoms with van der Waals surface area (Å²) in [5, 5.41) is 12.1. The van der Waals surface area contributed by atoms with Gasteiger partial charge in [-0.2, -0.15) is 0 Å². The van der Waals surface area contributed by atoms with Gasteiger partial charge in [0.1, 0.15) is 0 Å². The van der Waals surface area contributed by atoms with Gasteiger partial charge in [0.05, 0.1) is 6.04 Å². The van der Waals surface area contributed by atoms with Gasteiger partial charge in [0.15, 0.2) is 11.5 Å². The number of anilines is 1. The predicted molar refractivity (Wildman–Crippen MR) is 67.5 cm³/mol. The van der Waals surface area contributed by atoms with Crippen LogP contribution < -0.4 is 5.32 Å². The van der Waals surface area contributed by atoms with Gasteiger partial charge in [-0.05, 0) is 12.5 Å². The van der Waals surface area contributed by atoms with Gasteiger partial charge in [-0.3, -0.25) is 0 Å². The largest absolute Gasteiger partial charge is 0.476 e. The molecule has 2 N–H and O–H groups in total. The zero-order chi connectivity index (χ0) is 13.0. The third-order valence-corrected chi connectivity index (χ3v) is 2.55. The minimum Gasteiger partial charge on any atom is -0.476 e. The molecule has 1 aromatic carbocycles. The fraction of sp³-hybridized carbons (Fsp3) is 0.154. The molecule has 1 atom stereocenters. The van der Waals surface area contributed by atoms with Crippen LogP contribution in [0.15, 0.2) is 42.7 Å². The normalized spacial score (nSPS) is 11.8. The molecule has 0 spiro atoms. The van der Waals surface area contributed by atoms with Crippen LogP contribution in [-0.4, -0.2) is 21.0 Å². The van der Waals surface area contributed by atoms with E-state index in [9.17, 15) is 4.79 Å². The first-order valence-corrected chi connectivity index (χ1v) is 5.54. The van der Waals surface area contributed by atoms with E-state index in [4.69, 9.17) is 5.11 Å². The lowest BCUT2D eigenvalue weighted by atomic mass is 10.1. The van der Waals surface area contributed by atoms with Gasteiger partial charge in [0, 0.05) is 12.4 Å². The number of carbonyl (C=O) groups is 1. The predicted octanol–water partition coefficient (Wildman–Crippen LogP) is 2.35. The van der Waals surface area contributed by atoms with Gasteiger partial charge in [-0.25, -0.2) is 14.8 Å². The monoisotopic (exact) mass is 243 g/mol. The third kappa shape index (κ3) is 2.63. The first-order valence-electron chi connectivity index (χ1n) is 5.54. The van der Waals surface area contributed by atoms with Gasteiger partial charge in [0.2, 0.25) is 0 Å². The van der Waals surface area contributed by atoms with E-state index in [0.29, 0.717) is 0 Å². The number of nitrogens with one attached hydrogen (secondary N) is 1. The van der Waals surface area contributed by atoms with Crippen molar-refractivity contribution in [3.05, 3.63) is 54.0 Å². The first kappa shape index (κ1) is 12.0. The van der Waals surface area contributed by atoms with Crippen molar-refractivity contribution < 1.29 is 9.90 Å². The van der Waals surface area contributed by atoms with E-state index in [1.54, 1.807) is 0 Å². The van der Waals surface area contributed by atoms with Crippen LogP contribution in [0.5, 0.6) is 0 Å². The average molecular weight is 243 g/mol. The Labute approximate surface area is 105 Å². The molecule has 0 aliphatic carbocycles. The topological polar surface area (TPSA) is 75.1 Å². The van der Waals surface area contributed by atoms with E-state index >= 15 is 0 Å². The number of rotatable bonds is 4. The number of aromatic nitrogens is 2. The first-order chi connectivity index (χ1) is 8.68. The molecular weight excluding hydrogens is 230 g/mol. The molecule has 0 bridgehead atoms. The van der Waals surface area contributed by atoms with Crippen LogP contribution in [0.25, 0.3) is 0 Å². The Morgan fingerprint density at radius 1 is 1.22 bits per heavy atom. The minimum absolute atomic E-state index is 0.0407. The molecule has 92 valence electrons. The second-order valence-corrected chi connectivity index (χ2v) is 3.84. The number of hydrogen-bond acceptors (Lipinski definition) is 4. The molecule has 1 unspecified atom stereocenters. The Hall–Kier alpha value is -2.43. The smallest absolute Gasteiger partial charge is 0.358 e. The van der Waals surface area contributed by atoms with Crippen molar-refractivity contribution >= 4 is 11.8 Å². The van der Waals surface area contributed by atoms with Crippen molar-refractivity contribution in [3.8, 4) is 0 Å². The minimum atomic E-state index is -1.09. The van der Waals surface area contributed by atoms with E-state index in [1.807, 2.05) is 37.3 Å². The summed E-state index contributed by atoms with van der Waals surface area (Å²) in [4.78, 5) is 18.8. The Morgan fingerprint density at radius 2 is 1.89 bits per heavy atom. The summed E-state index contributed by atoms with van der Waals surface area (Å²) < 4.78 is 0. The van der Waals surface area contributed by atoms with Gasteiger partial charge in [0.25, 0.3) is 0 Å². The highest BCUT2D eigenvalue weighted by molar-refractivity contribution is 5.90. The summed E-state index contributed by atoms with van der Waals surface area (Å²) >= 11 is 0. The quantitative estimate of drug-likeness (QED) is 0.862. The van der Waals surface area contributed by atoms with Crippen LogP contribution in [0.4, 0.5) is 5.82 Å². The van der Waals surface area contributed by atoms with Gasteiger partial charge < -0.3 is 10.4 Å². The third-order valence-electron chi connectivity index (χ3n) is 2.55. The van der Waals surface area contributed by atoms with Crippen molar-refractivity contribution in [2.24, 2.45) is 0 Å². The summed E-state index contributed by atoms with van der Waals surface area (Å²) in [7, 11) is 0. The van der Waals surface area contributed by atoms with E-state index in [2.05, 4.69) is 15.3 Å². The molecule has 1 aromatic heterocycles. The molecule has 0 saturated carbocycles. The Kier molecular flexibility index (Phi) is 3.52. The SMILES string of the molecule is CC(Nc1nccnc1C(=O)O)c1ccccc1. The van der Waals surface area contributed by atoms with Crippen molar-refractivity contribution in [2.45, 2.75) is 13.0 Å². The maximum atomic E-state index is 11.0. The molecule has 0 fully saturated rings. The fourth-order valence-electron chi connectivity index (χ4n) is 1.63. The van der Waals surface area contributed by atoms with Gasteiger partial charge in [-0.15, -0.1) is 0 Å². The highest BCUT2D eigenvalue weighted by Gasteiger charge is 2.14. The highest BCUT2D eigenvalue weighted by Crippen LogP contribution is 2.18. The van der Waals surface area contributed by atoms with Crippen molar-refractivity contribution in [1.29, 1.82) is 0 Å². The van der Waals surface area contributed by atoms with Crippen LogP contribution in [0.2, 0.25) is 0 Å². The van der Waals surface area contributed by atoms with E-state index in [0.717, 1.165) is 5.56 Å². The molecule has 0 aliphatic rings. The zero-order valence-electron chi connectivity index (χ0n) is 9.87. The molecule has 0 amide bonds. The van der Waals surface area contributed by atoms with Crippen LogP contribution in [0.3, 0.4) is 0 Å². The number of aromatic carboxylic acids is 1.